The minimum atomic E-state index is -1.00. The number of pyridine rings is 1. The third-order valence-electron chi connectivity index (χ3n) is 3.43. The van der Waals surface area contributed by atoms with Crippen LogP contribution in [0.4, 0.5) is 10.2 Å². The van der Waals surface area contributed by atoms with Gasteiger partial charge in [0.15, 0.2) is 11.6 Å². The highest BCUT2D eigenvalue weighted by Crippen LogP contribution is 2.28. The predicted molar refractivity (Wildman–Crippen MR) is 81.9 cm³/mol. The highest BCUT2D eigenvalue weighted by molar-refractivity contribution is 6.08. The van der Waals surface area contributed by atoms with E-state index in [1.807, 2.05) is 0 Å². The van der Waals surface area contributed by atoms with Gasteiger partial charge in [-0.25, -0.2) is 4.39 Å². The lowest BCUT2D eigenvalue weighted by Crippen LogP contribution is -2.29. The molecular weight excluding hydrogens is 303 g/mol. The van der Waals surface area contributed by atoms with E-state index in [0.29, 0.717) is 0 Å². The Balaban J connectivity index is 2.17. The fourth-order valence-corrected chi connectivity index (χ4v) is 2.15. The number of hydrogen-bond donors (Lipinski definition) is 2. The van der Waals surface area contributed by atoms with Gasteiger partial charge >= 0.3 is 5.97 Å². The van der Waals surface area contributed by atoms with Crippen LogP contribution in [0.15, 0.2) is 6.07 Å². The summed E-state index contributed by atoms with van der Waals surface area (Å²) < 4.78 is 18.6. The predicted octanol–water partition coefficient (Wildman–Crippen LogP) is 2.81. The van der Waals surface area contributed by atoms with Crippen LogP contribution in [0.25, 0.3) is 0 Å². The molecule has 2 N–H and O–H groups in total. The number of esters is 1. The van der Waals surface area contributed by atoms with Gasteiger partial charge in [0.1, 0.15) is 17.8 Å². The van der Waals surface area contributed by atoms with Crippen LogP contribution in [0.2, 0.25) is 0 Å². The standard InChI is InChI=1S/C16H21FN2O4/c1-16(2,3)23-13(21)8-12(20)10-7-11(17)15(22)19-14(10)18-9-5-4-6-9/h7,9H,4-6,8H2,1-3H3,(H2,18,19,22). The summed E-state index contributed by atoms with van der Waals surface area (Å²) in [4.78, 5) is 27.7. The van der Waals surface area contributed by atoms with Crippen LogP contribution >= 0.6 is 0 Å². The fraction of sp³-hybridized carbons (Fsp3) is 0.562. The van der Waals surface area contributed by atoms with Crippen LogP contribution < -0.4 is 5.32 Å². The first-order valence-electron chi connectivity index (χ1n) is 7.57. The van der Waals surface area contributed by atoms with E-state index in [1.165, 1.54) is 0 Å². The number of nitrogens with one attached hydrogen (secondary N) is 1. The van der Waals surface area contributed by atoms with Crippen molar-refractivity contribution in [2.24, 2.45) is 0 Å². The summed E-state index contributed by atoms with van der Waals surface area (Å²) in [6.07, 6.45) is 2.38. The number of halogens is 1. The van der Waals surface area contributed by atoms with Crippen LogP contribution in [-0.4, -0.2) is 33.5 Å². The van der Waals surface area contributed by atoms with Crippen LogP contribution in [-0.2, 0) is 9.53 Å². The third kappa shape index (κ3) is 4.64. The SMILES string of the molecule is CC(C)(C)OC(=O)CC(=O)c1cc(F)c(O)nc1NC1CCC1. The summed E-state index contributed by atoms with van der Waals surface area (Å²) >= 11 is 0. The van der Waals surface area contributed by atoms with E-state index in [9.17, 15) is 19.1 Å². The number of nitrogens with zero attached hydrogens (tertiary/aromatic N) is 1. The molecule has 1 heterocycles. The van der Waals surface area contributed by atoms with Crippen molar-refractivity contribution in [2.45, 2.75) is 58.1 Å². The maximum Gasteiger partial charge on any atom is 0.314 e. The summed E-state index contributed by atoms with van der Waals surface area (Å²) in [5.74, 6) is -2.97. The lowest BCUT2D eigenvalue weighted by molar-refractivity contribution is -0.153. The fourth-order valence-electron chi connectivity index (χ4n) is 2.15. The first-order chi connectivity index (χ1) is 10.7. The minimum Gasteiger partial charge on any atom is -0.491 e. The number of ketones is 1. The summed E-state index contributed by atoms with van der Waals surface area (Å²) in [7, 11) is 0. The molecule has 0 unspecified atom stereocenters. The molecule has 0 radical (unpaired) electrons. The minimum absolute atomic E-state index is 0.0574. The molecule has 126 valence electrons. The number of hydrogen-bond acceptors (Lipinski definition) is 6. The first-order valence-corrected chi connectivity index (χ1v) is 7.57. The van der Waals surface area contributed by atoms with E-state index in [-0.39, 0.29) is 17.4 Å². The topological polar surface area (TPSA) is 88.5 Å². The van der Waals surface area contributed by atoms with E-state index in [4.69, 9.17) is 4.74 Å². The molecule has 0 saturated heterocycles. The summed E-state index contributed by atoms with van der Waals surface area (Å²) in [6, 6.07) is 1.04. The molecule has 2 rings (SSSR count). The molecule has 1 aliphatic rings. The van der Waals surface area contributed by atoms with E-state index < -0.39 is 35.5 Å². The van der Waals surface area contributed by atoms with Crippen molar-refractivity contribution in [3.8, 4) is 5.88 Å². The zero-order valence-corrected chi connectivity index (χ0v) is 13.5. The third-order valence-corrected chi connectivity index (χ3v) is 3.43. The van der Waals surface area contributed by atoms with Gasteiger partial charge in [0.05, 0.1) is 5.56 Å². The summed E-state index contributed by atoms with van der Waals surface area (Å²) in [5.41, 5.74) is -0.763. The Morgan fingerprint density at radius 1 is 1.43 bits per heavy atom. The quantitative estimate of drug-likeness (QED) is 0.492. The highest BCUT2D eigenvalue weighted by Gasteiger charge is 2.25. The Kier molecular flexibility index (Phi) is 4.87. The Hall–Kier alpha value is -2.18. The maximum absolute atomic E-state index is 13.6. The van der Waals surface area contributed by atoms with Gasteiger partial charge in [-0.2, -0.15) is 4.98 Å². The van der Waals surface area contributed by atoms with Crippen molar-refractivity contribution in [1.82, 2.24) is 4.98 Å². The molecule has 0 aromatic carbocycles. The lowest BCUT2D eigenvalue weighted by Gasteiger charge is -2.27. The molecule has 0 atom stereocenters. The molecule has 1 fully saturated rings. The second-order valence-electron chi connectivity index (χ2n) is 6.65. The largest absolute Gasteiger partial charge is 0.491 e. The highest BCUT2D eigenvalue weighted by atomic mass is 19.1. The number of anilines is 1. The smallest absolute Gasteiger partial charge is 0.314 e. The second kappa shape index (κ2) is 6.52. The summed E-state index contributed by atoms with van der Waals surface area (Å²) in [5, 5.41) is 12.4. The van der Waals surface area contributed by atoms with Gasteiger partial charge < -0.3 is 15.2 Å². The van der Waals surface area contributed by atoms with Gasteiger partial charge in [-0.15, -0.1) is 0 Å². The van der Waals surface area contributed by atoms with Crippen LogP contribution in [0.5, 0.6) is 5.88 Å². The van der Waals surface area contributed by atoms with Crippen LogP contribution in [0, 0.1) is 5.82 Å². The molecule has 23 heavy (non-hydrogen) atoms. The van der Waals surface area contributed by atoms with Crippen molar-refractivity contribution in [2.75, 3.05) is 5.32 Å². The zero-order valence-electron chi connectivity index (χ0n) is 13.5. The molecule has 6 nitrogen and oxygen atoms in total. The van der Waals surface area contributed by atoms with Crippen molar-refractivity contribution in [3.63, 3.8) is 0 Å². The van der Waals surface area contributed by atoms with E-state index in [2.05, 4.69) is 10.3 Å². The average molecular weight is 324 g/mol. The number of aromatic nitrogens is 1. The van der Waals surface area contributed by atoms with Gasteiger partial charge in [0.2, 0.25) is 5.88 Å². The molecule has 0 amide bonds. The van der Waals surface area contributed by atoms with E-state index in [0.717, 1.165) is 25.3 Å². The van der Waals surface area contributed by atoms with Gasteiger partial charge in [0, 0.05) is 6.04 Å². The number of Topliss-reactive ketones (excluding diaryl/α,β-unsaturated/α-hetero) is 1. The van der Waals surface area contributed by atoms with Crippen molar-refractivity contribution in [1.29, 1.82) is 0 Å². The van der Waals surface area contributed by atoms with Gasteiger partial charge in [-0.3, -0.25) is 9.59 Å². The van der Waals surface area contributed by atoms with Crippen LogP contribution in [0.3, 0.4) is 0 Å². The number of carbonyl (C=O) groups excluding carboxylic acids is 2. The molecule has 1 aromatic rings. The Labute approximate surface area is 134 Å². The molecule has 1 aliphatic carbocycles. The number of rotatable bonds is 5. The second-order valence-corrected chi connectivity index (χ2v) is 6.65. The molecule has 0 bridgehead atoms. The molecule has 1 saturated carbocycles. The monoisotopic (exact) mass is 324 g/mol. The molecule has 1 aromatic heterocycles. The molecule has 7 heteroatoms. The Morgan fingerprint density at radius 2 is 2.09 bits per heavy atom. The normalized spacial score (nSPS) is 15.0. The van der Waals surface area contributed by atoms with Gasteiger partial charge in [0.25, 0.3) is 0 Å². The zero-order chi connectivity index (χ0) is 17.2. The first kappa shape index (κ1) is 17.2. The van der Waals surface area contributed by atoms with Crippen molar-refractivity contribution >= 4 is 17.6 Å². The summed E-state index contributed by atoms with van der Waals surface area (Å²) in [6.45, 7) is 5.09. The molecule has 0 spiro atoms. The lowest BCUT2D eigenvalue weighted by atomic mass is 9.93. The van der Waals surface area contributed by atoms with Gasteiger partial charge in [-0.1, -0.05) is 0 Å². The number of aromatic hydroxyl groups is 1. The van der Waals surface area contributed by atoms with E-state index in [1.54, 1.807) is 20.8 Å². The Bertz CT molecular complexity index is 621. The molecule has 0 aliphatic heterocycles. The Morgan fingerprint density at radius 3 is 2.61 bits per heavy atom. The molecular formula is C16H21FN2O4. The van der Waals surface area contributed by atoms with Crippen molar-refractivity contribution < 1.29 is 23.8 Å². The van der Waals surface area contributed by atoms with Crippen LogP contribution in [0.1, 0.15) is 56.8 Å². The van der Waals surface area contributed by atoms with Gasteiger partial charge in [-0.05, 0) is 46.1 Å². The average Bonchev–Trinajstić information content (AvgIpc) is 2.34. The van der Waals surface area contributed by atoms with Crippen molar-refractivity contribution in [3.05, 3.63) is 17.4 Å². The maximum atomic E-state index is 13.6. The number of ether oxygens (including phenoxy) is 1. The number of carbonyl (C=O) groups is 2. The van der Waals surface area contributed by atoms with E-state index >= 15 is 0 Å².